The van der Waals surface area contributed by atoms with E-state index >= 15 is 0 Å². The van der Waals surface area contributed by atoms with Crippen LogP contribution in [-0.4, -0.2) is 11.2 Å². The van der Waals surface area contributed by atoms with Crippen molar-refractivity contribution in [3.63, 3.8) is 0 Å². The Morgan fingerprint density at radius 1 is 1.00 bits per heavy atom. The maximum Gasteiger partial charge on any atom is 0.0571 e. The predicted octanol–water partition coefficient (Wildman–Crippen LogP) is 4.25. The molecule has 1 heteroatoms. The minimum absolute atomic E-state index is 0.0812. The van der Waals surface area contributed by atoms with E-state index in [9.17, 15) is 5.11 Å². The molecule has 0 heterocycles. The standard InChI is InChI=1S/C14H30O/c1-6-8-13(9-11(3)4)14(15)10-12(5)7-2/h11-15H,6-10H2,1-5H3. The molecule has 0 aromatic heterocycles. The number of aliphatic hydroxyl groups is 1. The quantitative estimate of drug-likeness (QED) is 0.640. The van der Waals surface area contributed by atoms with Crippen LogP contribution in [0.1, 0.15) is 66.7 Å². The third-order valence-electron chi connectivity index (χ3n) is 3.32. The monoisotopic (exact) mass is 214 g/mol. The van der Waals surface area contributed by atoms with E-state index in [0.29, 0.717) is 17.8 Å². The van der Waals surface area contributed by atoms with Crippen molar-refractivity contribution in [3.05, 3.63) is 0 Å². The summed E-state index contributed by atoms with van der Waals surface area (Å²) in [5, 5.41) is 10.2. The fraction of sp³-hybridized carbons (Fsp3) is 1.00. The molecule has 0 saturated heterocycles. The van der Waals surface area contributed by atoms with Gasteiger partial charge in [0.2, 0.25) is 0 Å². The molecule has 0 aliphatic rings. The minimum atomic E-state index is -0.0812. The summed E-state index contributed by atoms with van der Waals surface area (Å²) in [7, 11) is 0. The van der Waals surface area contributed by atoms with E-state index < -0.39 is 0 Å². The Balaban J connectivity index is 4.08. The van der Waals surface area contributed by atoms with Crippen LogP contribution in [0, 0.1) is 17.8 Å². The van der Waals surface area contributed by atoms with Gasteiger partial charge in [0, 0.05) is 0 Å². The molecule has 1 nitrogen and oxygen atoms in total. The van der Waals surface area contributed by atoms with Crippen LogP contribution in [0.2, 0.25) is 0 Å². The zero-order valence-electron chi connectivity index (χ0n) is 11.3. The highest BCUT2D eigenvalue weighted by molar-refractivity contribution is 4.72. The maximum atomic E-state index is 10.2. The summed E-state index contributed by atoms with van der Waals surface area (Å²) >= 11 is 0. The molecule has 0 aliphatic heterocycles. The zero-order valence-corrected chi connectivity index (χ0v) is 11.3. The fourth-order valence-electron chi connectivity index (χ4n) is 2.21. The average Bonchev–Trinajstić information content (AvgIpc) is 2.16. The van der Waals surface area contributed by atoms with Crippen LogP contribution in [0.5, 0.6) is 0 Å². The lowest BCUT2D eigenvalue weighted by Crippen LogP contribution is -2.24. The third kappa shape index (κ3) is 6.94. The lowest BCUT2D eigenvalue weighted by atomic mass is 9.84. The molecule has 0 aromatic rings. The van der Waals surface area contributed by atoms with Crippen molar-refractivity contribution >= 4 is 0 Å². The summed E-state index contributed by atoms with van der Waals surface area (Å²) in [6, 6.07) is 0. The van der Waals surface area contributed by atoms with Gasteiger partial charge in [0.15, 0.2) is 0 Å². The maximum absolute atomic E-state index is 10.2. The van der Waals surface area contributed by atoms with E-state index in [2.05, 4.69) is 34.6 Å². The molecule has 3 atom stereocenters. The largest absolute Gasteiger partial charge is 0.393 e. The van der Waals surface area contributed by atoms with Crippen molar-refractivity contribution in [1.82, 2.24) is 0 Å². The van der Waals surface area contributed by atoms with Crippen LogP contribution in [0.25, 0.3) is 0 Å². The van der Waals surface area contributed by atoms with Gasteiger partial charge < -0.3 is 5.11 Å². The van der Waals surface area contributed by atoms with Gasteiger partial charge in [-0.2, -0.15) is 0 Å². The summed E-state index contributed by atoms with van der Waals surface area (Å²) in [6.45, 7) is 11.1. The topological polar surface area (TPSA) is 20.2 Å². The molecule has 3 unspecified atom stereocenters. The van der Waals surface area contributed by atoms with Gasteiger partial charge in [0.05, 0.1) is 6.10 Å². The Bertz CT molecular complexity index is 142. The summed E-state index contributed by atoms with van der Waals surface area (Å²) < 4.78 is 0. The highest BCUT2D eigenvalue weighted by Crippen LogP contribution is 2.25. The van der Waals surface area contributed by atoms with Crippen LogP contribution in [0.4, 0.5) is 0 Å². The van der Waals surface area contributed by atoms with Crippen molar-refractivity contribution in [2.24, 2.45) is 17.8 Å². The molecule has 0 spiro atoms. The Labute approximate surface area is 96.3 Å². The Morgan fingerprint density at radius 2 is 1.60 bits per heavy atom. The van der Waals surface area contributed by atoms with Crippen LogP contribution in [0.15, 0.2) is 0 Å². The molecule has 0 radical (unpaired) electrons. The second-order valence-electron chi connectivity index (χ2n) is 5.49. The second kappa shape index (κ2) is 8.15. The predicted molar refractivity (Wildman–Crippen MR) is 67.9 cm³/mol. The van der Waals surface area contributed by atoms with Gasteiger partial charge in [0.1, 0.15) is 0 Å². The summed E-state index contributed by atoms with van der Waals surface area (Å²) in [5.41, 5.74) is 0. The number of aliphatic hydroxyl groups excluding tert-OH is 1. The highest BCUT2D eigenvalue weighted by atomic mass is 16.3. The molecule has 1 N–H and O–H groups in total. The first-order chi connectivity index (χ1) is 7.01. The van der Waals surface area contributed by atoms with Crippen molar-refractivity contribution in [2.75, 3.05) is 0 Å². The van der Waals surface area contributed by atoms with Gasteiger partial charge in [-0.15, -0.1) is 0 Å². The van der Waals surface area contributed by atoms with E-state index in [1.165, 1.54) is 25.7 Å². The molecule has 92 valence electrons. The SMILES string of the molecule is CCCC(CC(C)C)C(O)CC(C)CC. The minimum Gasteiger partial charge on any atom is -0.393 e. The fourth-order valence-corrected chi connectivity index (χ4v) is 2.21. The third-order valence-corrected chi connectivity index (χ3v) is 3.32. The van der Waals surface area contributed by atoms with E-state index in [0.717, 1.165) is 6.42 Å². The zero-order chi connectivity index (χ0) is 11.8. The molecular formula is C14H30O. The van der Waals surface area contributed by atoms with Crippen LogP contribution in [0.3, 0.4) is 0 Å². The molecule has 15 heavy (non-hydrogen) atoms. The molecule has 0 fully saturated rings. The lowest BCUT2D eigenvalue weighted by molar-refractivity contribution is 0.0675. The summed E-state index contributed by atoms with van der Waals surface area (Å²) in [5.74, 6) is 1.88. The number of rotatable bonds is 8. The number of hydrogen-bond acceptors (Lipinski definition) is 1. The van der Waals surface area contributed by atoms with Gasteiger partial charge in [-0.05, 0) is 37.0 Å². The van der Waals surface area contributed by atoms with E-state index in [1.807, 2.05) is 0 Å². The van der Waals surface area contributed by atoms with Gasteiger partial charge in [-0.25, -0.2) is 0 Å². The lowest BCUT2D eigenvalue weighted by Gasteiger charge is -2.26. The van der Waals surface area contributed by atoms with Gasteiger partial charge in [0.25, 0.3) is 0 Å². The van der Waals surface area contributed by atoms with E-state index in [1.54, 1.807) is 0 Å². The van der Waals surface area contributed by atoms with Gasteiger partial charge in [-0.3, -0.25) is 0 Å². The Kier molecular flexibility index (Phi) is 8.13. The molecule has 0 rings (SSSR count). The average molecular weight is 214 g/mol. The molecule has 0 aromatic carbocycles. The first kappa shape index (κ1) is 15.0. The molecule has 0 amide bonds. The van der Waals surface area contributed by atoms with Gasteiger partial charge >= 0.3 is 0 Å². The molecule has 0 saturated carbocycles. The van der Waals surface area contributed by atoms with Gasteiger partial charge in [-0.1, -0.05) is 47.5 Å². The first-order valence-electron chi connectivity index (χ1n) is 6.69. The first-order valence-corrected chi connectivity index (χ1v) is 6.69. The van der Waals surface area contributed by atoms with Crippen LogP contribution in [-0.2, 0) is 0 Å². The summed E-state index contributed by atoms with van der Waals surface area (Å²) in [6.07, 6.45) is 5.61. The normalized spacial score (nSPS) is 17.8. The second-order valence-corrected chi connectivity index (χ2v) is 5.49. The molecular weight excluding hydrogens is 184 g/mol. The van der Waals surface area contributed by atoms with E-state index in [-0.39, 0.29) is 6.10 Å². The Morgan fingerprint density at radius 3 is 2.00 bits per heavy atom. The number of hydrogen-bond donors (Lipinski definition) is 1. The van der Waals surface area contributed by atoms with E-state index in [4.69, 9.17) is 0 Å². The molecule has 0 aliphatic carbocycles. The van der Waals surface area contributed by atoms with Crippen molar-refractivity contribution < 1.29 is 5.11 Å². The van der Waals surface area contributed by atoms with Crippen LogP contribution >= 0.6 is 0 Å². The molecule has 0 bridgehead atoms. The Hall–Kier alpha value is -0.0400. The summed E-state index contributed by atoms with van der Waals surface area (Å²) in [4.78, 5) is 0. The van der Waals surface area contributed by atoms with Crippen molar-refractivity contribution in [1.29, 1.82) is 0 Å². The highest BCUT2D eigenvalue weighted by Gasteiger charge is 2.20. The van der Waals surface area contributed by atoms with Crippen LogP contribution < -0.4 is 0 Å². The smallest absolute Gasteiger partial charge is 0.0571 e. The van der Waals surface area contributed by atoms with Crippen molar-refractivity contribution in [2.45, 2.75) is 72.8 Å². The van der Waals surface area contributed by atoms with Crippen molar-refractivity contribution in [3.8, 4) is 0 Å².